The number of carbonyl (C=O) groups excluding carboxylic acids is 2. The number of likely N-dealkylation sites (tertiary alicyclic amines) is 1. The van der Waals surface area contributed by atoms with Crippen LogP contribution >= 0.6 is 0 Å². The summed E-state index contributed by atoms with van der Waals surface area (Å²) in [5, 5.41) is 2.54. The number of halogens is 7. The van der Waals surface area contributed by atoms with Gasteiger partial charge in [0.05, 0.1) is 24.6 Å². The first-order valence-corrected chi connectivity index (χ1v) is 16.8. The largest absolute Gasteiger partial charge is 0.488 e. The summed E-state index contributed by atoms with van der Waals surface area (Å²) in [6.45, 7) is 2.64. The molecule has 3 aromatic carbocycles. The Morgan fingerprint density at radius 3 is 2.45 bits per heavy atom. The van der Waals surface area contributed by atoms with E-state index in [-0.39, 0.29) is 72.8 Å². The van der Waals surface area contributed by atoms with Crippen molar-refractivity contribution in [2.45, 2.75) is 57.7 Å². The van der Waals surface area contributed by atoms with Crippen molar-refractivity contribution in [2.75, 3.05) is 26.2 Å². The molecule has 280 valence electrons. The third kappa shape index (κ3) is 8.09. The fourth-order valence-corrected chi connectivity index (χ4v) is 6.63. The van der Waals surface area contributed by atoms with Crippen LogP contribution in [-0.2, 0) is 33.5 Å². The minimum Gasteiger partial charge on any atom is -0.488 e. The number of nitrogens with one attached hydrogen (secondary N) is 1. The smallest absolute Gasteiger partial charge is 0.416 e. The molecule has 0 spiro atoms. The molecule has 1 saturated heterocycles. The Balaban J connectivity index is 1.55. The first-order valence-electron chi connectivity index (χ1n) is 16.8. The van der Waals surface area contributed by atoms with E-state index in [0.29, 0.717) is 10.6 Å². The summed E-state index contributed by atoms with van der Waals surface area (Å²) in [6, 6.07) is 6.67. The van der Waals surface area contributed by atoms with Gasteiger partial charge in [-0.3, -0.25) is 23.9 Å². The number of ether oxygens (including phenoxy) is 2. The number of amides is 1. The molecule has 4 bridgehead atoms. The number of aryl methyl sites for hydroxylation is 1. The quantitative estimate of drug-likeness (QED) is 0.167. The van der Waals surface area contributed by atoms with Gasteiger partial charge in [0.2, 0.25) is 5.91 Å². The molecule has 2 aliphatic heterocycles. The van der Waals surface area contributed by atoms with Crippen molar-refractivity contribution >= 4 is 11.9 Å². The van der Waals surface area contributed by atoms with E-state index in [9.17, 15) is 36.3 Å². The average molecular weight is 746 g/mol. The average Bonchev–Trinajstić information content (AvgIpc) is 3.08. The van der Waals surface area contributed by atoms with Gasteiger partial charge in [0.1, 0.15) is 42.0 Å². The number of aromatic nitrogens is 1. The molecule has 1 N–H and O–H groups in total. The zero-order valence-corrected chi connectivity index (χ0v) is 28.5. The molecule has 1 amide bonds. The lowest BCUT2D eigenvalue weighted by atomic mass is 9.93. The first-order chi connectivity index (χ1) is 25.1. The van der Waals surface area contributed by atoms with Crippen LogP contribution in [0.25, 0.3) is 11.1 Å². The number of pyridine rings is 1. The van der Waals surface area contributed by atoms with Crippen LogP contribution in [-0.4, -0.2) is 53.8 Å². The molecule has 0 unspecified atom stereocenters. The molecule has 0 aliphatic carbocycles. The number of fused-ring (bicyclic) bond motifs is 6. The fraction of sp³-hybridized carbons (Fsp3) is 0.342. The van der Waals surface area contributed by atoms with Crippen LogP contribution in [0, 0.1) is 24.4 Å². The first kappa shape index (κ1) is 37.6. The number of alkyl halides is 4. The maximum atomic E-state index is 16.0. The lowest BCUT2D eigenvalue weighted by molar-refractivity contribution is -0.144. The molecule has 1 aromatic heterocycles. The number of hydrogen-bond acceptors (Lipinski definition) is 6. The molecule has 6 rings (SSSR count). The van der Waals surface area contributed by atoms with Crippen molar-refractivity contribution in [3.05, 3.63) is 122 Å². The summed E-state index contributed by atoms with van der Waals surface area (Å²) >= 11 is 0. The Morgan fingerprint density at radius 2 is 1.75 bits per heavy atom. The summed E-state index contributed by atoms with van der Waals surface area (Å²) in [6.07, 6.45) is -6.23. The third-order valence-electron chi connectivity index (χ3n) is 9.26. The van der Waals surface area contributed by atoms with Crippen molar-refractivity contribution in [3.63, 3.8) is 0 Å². The van der Waals surface area contributed by atoms with Crippen LogP contribution in [0.4, 0.5) is 30.7 Å². The van der Waals surface area contributed by atoms with E-state index in [0.717, 1.165) is 24.4 Å². The van der Waals surface area contributed by atoms with Gasteiger partial charge in [-0.15, -0.1) is 0 Å². The molecule has 2 atom stereocenters. The van der Waals surface area contributed by atoms with E-state index in [1.54, 1.807) is 4.90 Å². The second kappa shape index (κ2) is 15.0. The second-order valence-electron chi connectivity index (χ2n) is 13.0. The maximum absolute atomic E-state index is 16.0. The SMILES string of the molecule is CCOC(=O)C[C@@H]1NC(=O)[C@@H](n2cc(CCN3CC(F)C3)c(C(F)(F)F)cc2=O)c2cc(ccc2F)COc2ccc(F)cc2-c2cc(C)c(F)c1c2. The van der Waals surface area contributed by atoms with E-state index < -0.39 is 82.4 Å². The highest BCUT2D eigenvalue weighted by Gasteiger charge is 2.38. The van der Waals surface area contributed by atoms with Crippen molar-refractivity contribution in [3.8, 4) is 16.9 Å². The Bertz CT molecular complexity index is 2110. The molecular weight excluding hydrogens is 711 g/mol. The second-order valence-corrected chi connectivity index (χ2v) is 13.0. The van der Waals surface area contributed by atoms with Gasteiger partial charge in [-0.05, 0) is 85.0 Å². The lowest BCUT2D eigenvalue weighted by Gasteiger charge is -2.34. The van der Waals surface area contributed by atoms with Gasteiger partial charge in [-0.1, -0.05) is 6.07 Å². The van der Waals surface area contributed by atoms with Gasteiger partial charge in [0.25, 0.3) is 5.56 Å². The number of benzene rings is 3. The van der Waals surface area contributed by atoms with E-state index >= 15 is 8.78 Å². The number of carbonyl (C=O) groups is 2. The normalized spacial score (nSPS) is 17.9. The minimum absolute atomic E-state index is 0.00169. The highest BCUT2D eigenvalue weighted by atomic mass is 19.4. The Hall–Kier alpha value is -5.18. The van der Waals surface area contributed by atoms with Gasteiger partial charge >= 0.3 is 12.1 Å². The Kier molecular flexibility index (Phi) is 10.7. The van der Waals surface area contributed by atoms with E-state index in [1.807, 2.05) is 0 Å². The Morgan fingerprint density at radius 1 is 1.00 bits per heavy atom. The molecule has 1 fully saturated rings. The standard InChI is InChI=1S/C38H34F7N3O5/c1-3-52-34(50)15-31-28-12-23(10-20(2)35(28)42)26-13-24(39)5-7-32(26)53-19-21-4-6-30(41)27(11-21)36(37(51)46-31)48-16-22(8-9-47-17-25(40)18-47)29(14-33(48)49)38(43,44)45/h4-7,10-14,16,25,31,36H,3,8-9,15,17-19H2,1-2H3,(H,46,51)/t31-,36-/m0/s1. The van der Waals surface area contributed by atoms with E-state index in [4.69, 9.17) is 9.47 Å². The van der Waals surface area contributed by atoms with Crippen LogP contribution in [0.15, 0.2) is 65.6 Å². The zero-order valence-electron chi connectivity index (χ0n) is 28.5. The van der Waals surface area contributed by atoms with Crippen molar-refractivity contribution < 1.29 is 49.8 Å². The Labute approximate surface area is 299 Å². The summed E-state index contributed by atoms with van der Waals surface area (Å²) in [5.74, 6) is -4.39. The van der Waals surface area contributed by atoms with Gasteiger partial charge in [0.15, 0.2) is 0 Å². The van der Waals surface area contributed by atoms with Crippen molar-refractivity contribution in [2.24, 2.45) is 0 Å². The van der Waals surface area contributed by atoms with Crippen LogP contribution in [0.1, 0.15) is 58.8 Å². The van der Waals surface area contributed by atoms with E-state index in [1.165, 1.54) is 44.2 Å². The summed E-state index contributed by atoms with van der Waals surface area (Å²) in [4.78, 5) is 42.5. The zero-order chi connectivity index (χ0) is 38.2. The van der Waals surface area contributed by atoms with Crippen LogP contribution < -0.4 is 15.6 Å². The molecule has 15 heteroatoms. The van der Waals surface area contributed by atoms with Gasteiger partial charge < -0.3 is 14.8 Å². The molecule has 2 aliphatic rings. The highest BCUT2D eigenvalue weighted by Crippen LogP contribution is 2.37. The molecule has 3 heterocycles. The van der Waals surface area contributed by atoms with Gasteiger partial charge in [-0.2, -0.15) is 13.2 Å². The lowest BCUT2D eigenvalue weighted by Crippen LogP contribution is -2.49. The monoisotopic (exact) mass is 745 g/mol. The van der Waals surface area contributed by atoms with E-state index in [2.05, 4.69) is 5.32 Å². The summed E-state index contributed by atoms with van der Waals surface area (Å²) in [5.41, 5.74) is -2.91. The number of esters is 1. The molecular formula is C38H34F7N3O5. The predicted molar refractivity (Wildman–Crippen MR) is 178 cm³/mol. The van der Waals surface area contributed by atoms with Crippen LogP contribution in [0.3, 0.4) is 0 Å². The number of nitrogens with zero attached hydrogens (tertiary/aromatic N) is 2. The minimum atomic E-state index is -4.98. The molecule has 4 aromatic rings. The van der Waals surface area contributed by atoms with Gasteiger partial charge in [-0.25, -0.2) is 17.6 Å². The molecule has 0 saturated carbocycles. The molecule has 53 heavy (non-hydrogen) atoms. The van der Waals surface area contributed by atoms with Crippen LogP contribution in [0.2, 0.25) is 0 Å². The summed E-state index contributed by atoms with van der Waals surface area (Å²) < 4.78 is 114. The molecule has 8 nitrogen and oxygen atoms in total. The predicted octanol–water partition coefficient (Wildman–Crippen LogP) is 6.75. The fourth-order valence-electron chi connectivity index (χ4n) is 6.63. The summed E-state index contributed by atoms with van der Waals surface area (Å²) in [7, 11) is 0. The topological polar surface area (TPSA) is 89.9 Å². The van der Waals surface area contributed by atoms with Crippen molar-refractivity contribution in [1.29, 1.82) is 0 Å². The van der Waals surface area contributed by atoms with Gasteiger partial charge in [0, 0.05) is 48.6 Å². The molecule has 0 radical (unpaired) electrons. The van der Waals surface area contributed by atoms with Crippen molar-refractivity contribution in [1.82, 2.24) is 14.8 Å². The number of hydrogen-bond donors (Lipinski definition) is 1. The van der Waals surface area contributed by atoms with Crippen LogP contribution in [0.5, 0.6) is 5.75 Å². The number of rotatable bonds is 7. The highest BCUT2D eigenvalue weighted by molar-refractivity contribution is 5.85. The maximum Gasteiger partial charge on any atom is 0.416 e. The third-order valence-corrected chi connectivity index (χ3v) is 9.26.